The van der Waals surface area contributed by atoms with Gasteiger partial charge in [0.2, 0.25) is 5.09 Å². The number of hydrogen-bond acceptors (Lipinski definition) is 6. The fourth-order valence-corrected chi connectivity index (χ4v) is 4.16. The molecule has 2 aromatic rings. The Labute approximate surface area is 152 Å². The number of aromatic nitrogens is 2. The maximum absolute atomic E-state index is 12.3. The topological polar surface area (TPSA) is 108 Å². The molecule has 1 aliphatic rings. The summed E-state index contributed by atoms with van der Waals surface area (Å²) in [6.07, 6.45) is 3.23. The molecule has 8 nitrogen and oxygen atoms in total. The van der Waals surface area contributed by atoms with E-state index < -0.39 is 10.0 Å². The average molecular weight is 380 g/mol. The lowest BCUT2D eigenvalue weighted by Crippen LogP contribution is -2.36. The quantitative estimate of drug-likeness (QED) is 0.704. The van der Waals surface area contributed by atoms with Gasteiger partial charge in [-0.05, 0) is 56.5 Å². The number of rotatable bonds is 7. The van der Waals surface area contributed by atoms with Crippen LogP contribution < -0.4 is 10.3 Å². The smallest absolute Gasteiger partial charge is 0.273 e. The number of furan rings is 1. The lowest BCUT2D eigenvalue weighted by molar-refractivity contribution is 0.182. The molecule has 3 rings (SSSR count). The third kappa shape index (κ3) is 4.80. The van der Waals surface area contributed by atoms with Crippen LogP contribution >= 0.6 is 0 Å². The fraction of sp³-hybridized carbons (Fsp3) is 0.529. The van der Waals surface area contributed by atoms with E-state index in [-0.39, 0.29) is 16.4 Å². The van der Waals surface area contributed by atoms with E-state index in [9.17, 15) is 13.2 Å². The predicted octanol–water partition coefficient (Wildman–Crippen LogP) is 1.43. The van der Waals surface area contributed by atoms with Gasteiger partial charge < -0.3 is 9.32 Å². The Morgan fingerprint density at radius 3 is 2.92 bits per heavy atom. The summed E-state index contributed by atoms with van der Waals surface area (Å²) in [5.74, 6) is 0.993. The maximum Gasteiger partial charge on any atom is 0.273 e. The number of likely N-dealkylation sites (tertiary alicyclic amines) is 1. The molecule has 0 aliphatic carbocycles. The molecule has 9 heteroatoms. The van der Waals surface area contributed by atoms with Crippen molar-refractivity contribution in [1.82, 2.24) is 19.8 Å². The zero-order valence-corrected chi connectivity index (χ0v) is 15.6. The van der Waals surface area contributed by atoms with E-state index in [1.807, 2.05) is 0 Å². The highest BCUT2D eigenvalue weighted by atomic mass is 32.2. The van der Waals surface area contributed by atoms with Crippen molar-refractivity contribution in [3.8, 4) is 11.5 Å². The highest BCUT2D eigenvalue weighted by Crippen LogP contribution is 2.22. The van der Waals surface area contributed by atoms with Crippen LogP contribution in [0, 0.1) is 5.92 Å². The first-order valence-electron chi connectivity index (χ1n) is 8.82. The number of hydrogen-bond donors (Lipinski definition) is 2. The van der Waals surface area contributed by atoms with Crippen LogP contribution in [0.4, 0.5) is 0 Å². The molecular weight excluding hydrogens is 356 g/mol. The molecule has 0 saturated carbocycles. The largest absolute Gasteiger partial charge is 0.442 e. The van der Waals surface area contributed by atoms with Gasteiger partial charge in [-0.1, -0.05) is 6.92 Å². The Balaban J connectivity index is 1.53. The van der Waals surface area contributed by atoms with Crippen molar-refractivity contribution in [2.75, 3.05) is 26.2 Å². The first-order valence-corrected chi connectivity index (χ1v) is 10.3. The monoisotopic (exact) mass is 380 g/mol. The van der Waals surface area contributed by atoms with E-state index in [1.54, 1.807) is 0 Å². The Bertz CT molecular complexity index is 870. The van der Waals surface area contributed by atoms with Crippen molar-refractivity contribution in [3.05, 3.63) is 34.6 Å². The van der Waals surface area contributed by atoms with E-state index >= 15 is 0 Å². The summed E-state index contributed by atoms with van der Waals surface area (Å²) in [4.78, 5) is 13.4. The lowest BCUT2D eigenvalue weighted by Gasteiger charge is -2.30. The predicted molar refractivity (Wildman–Crippen MR) is 97.2 cm³/mol. The molecule has 0 spiro atoms. The van der Waals surface area contributed by atoms with E-state index in [2.05, 4.69) is 26.7 Å². The molecule has 26 heavy (non-hydrogen) atoms. The normalized spacial score (nSPS) is 18.9. The van der Waals surface area contributed by atoms with Crippen molar-refractivity contribution in [1.29, 1.82) is 0 Å². The summed E-state index contributed by atoms with van der Waals surface area (Å²) in [7, 11) is -3.70. The maximum atomic E-state index is 12.3. The molecule has 1 fully saturated rings. The highest BCUT2D eigenvalue weighted by molar-refractivity contribution is 7.89. The number of piperidine rings is 1. The van der Waals surface area contributed by atoms with Crippen molar-refractivity contribution >= 4 is 10.0 Å². The Morgan fingerprint density at radius 1 is 1.35 bits per heavy atom. The minimum atomic E-state index is -3.70. The van der Waals surface area contributed by atoms with E-state index in [4.69, 9.17) is 4.42 Å². The van der Waals surface area contributed by atoms with Crippen LogP contribution in [0.1, 0.15) is 26.2 Å². The molecule has 2 aromatic heterocycles. The van der Waals surface area contributed by atoms with Gasteiger partial charge in [-0.15, -0.1) is 0 Å². The van der Waals surface area contributed by atoms with Crippen molar-refractivity contribution in [3.63, 3.8) is 0 Å². The molecule has 2 N–H and O–H groups in total. The van der Waals surface area contributed by atoms with Crippen LogP contribution in [0.5, 0.6) is 0 Å². The van der Waals surface area contributed by atoms with Gasteiger partial charge in [-0.3, -0.25) is 4.79 Å². The second-order valence-corrected chi connectivity index (χ2v) is 8.42. The lowest BCUT2D eigenvalue weighted by atomic mass is 10.0. The van der Waals surface area contributed by atoms with Gasteiger partial charge in [0.25, 0.3) is 15.6 Å². The second kappa shape index (κ2) is 8.15. The third-order valence-electron chi connectivity index (χ3n) is 4.46. The first-order chi connectivity index (χ1) is 12.4. The van der Waals surface area contributed by atoms with Crippen molar-refractivity contribution in [2.24, 2.45) is 5.92 Å². The Hall–Kier alpha value is -1.97. The van der Waals surface area contributed by atoms with Crippen LogP contribution in [-0.4, -0.2) is 49.7 Å². The molecule has 0 unspecified atom stereocenters. The molecule has 3 heterocycles. The summed E-state index contributed by atoms with van der Waals surface area (Å²) in [5.41, 5.74) is 0.0307. The summed E-state index contributed by atoms with van der Waals surface area (Å²) < 4.78 is 32.6. The number of nitrogens with one attached hydrogen (secondary N) is 2. The van der Waals surface area contributed by atoms with Gasteiger partial charge in [0, 0.05) is 19.2 Å². The average Bonchev–Trinajstić information content (AvgIpc) is 3.11. The van der Waals surface area contributed by atoms with Gasteiger partial charge >= 0.3 is 0 Å². The summed E-state index contributed by atoms with van der Waals surface area (Å²) in [6, 6.07) is 5.68. The molecule has 0 radical (unpaired) electrons. The molecule has 1 saturated heterocycles. The zero-order valence-electron chi connectivity index (χ0n) is 14.8. The van der Waals surface area contributed by atoms with Gasteiger partial charge in [0.1, 0.15) is 5.69 Å². The van der Waals surface area contributed by atoms with Crippen LogP contribution in [0.3, 0.4) is 0 Å². The minimum Gasteiger partial charge on any atom is -0.442 e. The molecule has 1 aliphatic heterocycles. The standard InChI is InChI=1S/C17H24N4O4S/c1-13-4-2-10-21(12-13)11-3-9-18-26(23,24)17-8-6-15(25-17)14-5-7-16(22)20-19-14/h5-8,13,18H,2-4,9-12H2,1H3,(H,20,22)/t13-/m1/s1. The first kappa shape index (κ1) is 18.8. The zero-order chi connectivity index (χ0) is 18.6. The van der Waals surface area contributed by atoms with Gasteiger partial charge in [0.15, 0.2) is 5.76 Å². The molecule has 142 valence electrons. The number of sulfonamides is 1. The molecule has 0 amide bonds. The Morgan fingerprint density at radius 2 is 2.19 bits per heavy atom. The summed E-state index contributed by atoms with van der Waals surface area (Å²) in [5, 5.41) is 5.95. The molecule has 1 atom stereocenters. The van der Waals surface area contributed by atoms with E-state index in [1.165, 1.54) is 37.1 Å². The van der Waals surface area contributed by atoms with Gasteiger partial charge in [-0.25, -0.2) is 18.2 Å². The SMILES string of the molecule is C[C@@H]1CCCN(CCCNS(=O)(=O)c2ccc(-c3ccc(=O)[nH]n3)o2)C1. The molecule has 0 bridgehead atoms. The summed E-state index contributed by atoms with van der Waals surface area (Å²) >= 11 is 0. The summed E-state index contributed by atoms with van der Waals surface area (Å²) in [6.45, 7) is 5.67. The molecular formula is C17H24N4O4S. The number of nitrogens with zero attached hydrogens (tertiary/aromatic N) is 2. The number of H-pyrrole nitrogens is 1. The van der Waals surface area contributed by atoms with Gasteiger partial charge in [-0.2, -0.15) is 5.10 Å². The third-order valence-corrected chi connectivity index (χ3v) is 5.80. The van der Waals surface area contributed by atoms with Crippen molar-refractivity contribution < 1.29 is 12.8 Å². The second-order valence-electron chi connectivity index (χ2n) is 6.72. The van der Waals surface area contributed by atoms with E-state index in [0.29, 0.717) is 18.2 Å². The van der Waals surface area contributed by atoms with Crippen LogP contribution in [0.25, 0.3) is 11.5 Å². The Kier molecular flexibility index (Phi) is 5.90. The van der Waals surface area contributed by atoms with Crippen LogP contribution in [0.15, 0.2) is 38.6 Å². The van der Waals surface area contributed by atoms with Crippen LogP contribution in [0.2, 0.25) is 0 Å². The van der Waals surface area contributed by atoms with Crippen LogP contribution in [-0.2, 0) is 10.0 Å². The fourth-order valence-electron chi connectivity index (χ4n) is 3.15. The molecule has 0 aromatic carbocycles. The van der Waals surface area contributed by atoms with Crippen molar-refractivity contribution in [2.45, 2.75) is 31.3 Å². The van der Waals surface area contributed by atoms with E-state index in [0.717, 1.165) is 26.1 Å². The minimum absolute atomic E-state index is 0.160. The van der Waals surface area contributed by atoms with Gasteiger partial charge in [0.05, 0.1) is 0 Å². The number of aromatic amines is 1. The highest BCUT2D eigenvalue weighted by Gasteiger charge is 2.20.